The van der Waals surface area contributed by atoms with Crippen molar-refractivity contribution in [3.8, 4) is 0 Å². The maximum absolute atomic E-state index is 5.88. The Labute approximate surface area is 151 Å². The van der Waals surface area contributed by atoms with E-state index in [2.05, 4.69) is 70.1 Å². The average Bonchev–Trinajstić information content (AvgIpc) is 2.32. The predicted octanol–water partition coefficient (Wildman–Crippen LogP) is 3.82. The maximum atomic E-state index is 5.88. The summed E-state index contributed by atoms with van der Waals surface area (Å²) in [5, 5.41) is 3.15. The summed E-state index contributed by atoms with van der Waals surface area (Å²) >= 11 is 0. The smallest absolute Gasteiger partial charge is 0.189 e. The summed E-state index contributed by atoms with van der Waals surface area (Å²) in [6, 6.07) is 8.25. The molecular weight excluding hydrogens is 389 g/mol. The van der Waals surface area contributed by atoms with Gasteiger partial charge in [-0.2, -0.15) is 0 Å². The summed E-state index contributed by atoms with van der Waals surface area (Å²) in [4.78, 5) is 4.37. The topological polar surface area (TPSA) is 59.6 Å². The molecule has 4 nitrogen and oxygen atoms in total. The van der Waals surface area contributed by atoms with Gasteiger partial charge in [-0.1, -0.05) is 24.3 Å². The molecule has 126 valence electrons. The van der Waals surface area contributed by atoms with Gasteiger partial charge < -0.3 is 15.8 Å². The maximum Gasteiger partial charge on any atom is 0.189 e. The van der Waals surface area contributed by atoms with Gasteiger partial charge in [0.25, 0.3) is 0 Å². The quantitative estimate of drug-likeness (QED) is 0.443. The molecule has 0 spiro atoms. The fourth-order valence-corrected chi connectivity index (χ4v) is 1.72. The average molecular weight is 419 g/mol. The van der Waals surface area contributed by atoms with Crippen LogP contribution in [0, 0.1) is 0 Å². The van der Waals surface area contributed by atoms with Crippen LogP contribution in [0.25, 0.3) is 0 Å². The highest BCUT2D eigenvalue weighted by molar-refractivity contribution is 14.0. The highest BCUT2D eigenvalue weighted by Crippen LogP contribution is 2.13. The zero-order chi connectivity index (χ0) is 16.1. The number of nitrogens with zero attached hydrogens (tertiary/aromatic N) is 1. The van der Waals surface area contributed by atoms with Crippen molar-refractivity contribution in [3.05, 3.63) is 35.4 Å². The minimum absolute atomic E-state index is 0. The highest BCUT2D eigenvalue weighted by Gasteiger charge is 2.11. The summed E-state index contributed by atoms with van der Waals surface area (Å²) in [6.45, 7) is 13.5. The van der Waals surface area contributed by atoms with Crippen LogP contribution in [0.4, 0.5) is 0 Å². The molecule has 1 rings (SSSR count). The van der Waals surface area contributed by atoms with Gasteiger partial charge in [0, 0.05) is 5.54 Å². The Morgan fingerprint density at radius 2 is 1.73 bits per heavy atom. The molecule has 0 saturated carbocycles. The van der Waals surface area contributed by atoms with Crippen molar-refractivity contribution in [2.75, 3.05) is 0 Å². The van der Waals surface area contributed by atoms with Crippen molar-refractivity contribution in [1.82, 2.24) is 5.32 Å². The van der Waals surface area contributed by atoms with Crippen LogP contribution in [-0.4, -0.2) is 17.1 Å². The molecule has 0 unspecified atom stereocenters. The number of aliphatic imine (C=N–C) groups is 1. The molecule has 1 aromatic rings. The van der Waals surface area contributed by atoms with Crippen LogP contribution in [0.15, 0.2) is 29.3 Å². The molecule has 0 bridgehead atoms. The molecule has 0 saturated heterocycles. The first-order chi connectivity index (χ1) is 9.55. The number of hydrogen-bond acceptors (Lipinski definition) is 2. The Bertz CT molecular complexity index is 487. The Kier molecular flexibility index (Phi) is 8.39. The highest BCUT2D eigenvalue weighted by atomic mass is 127. The molecule has 3 N–H and O–H groups in total. The van der Waals surface area contributed by atoms with Crippen molar-refractivity contribution in [2.45, 2.75) is 65.8 Å². The van der Waals surface area contributed by atoms with E-state index in [1.807, 2.05) is 6.07 Å². The number of hydrogen-bond donors (Lipinski definition) is 2. The van der Waals surface area contributed by atoms with Gasteiger partial charge in [0.1, 0.15) is 0 Å². The van der Waals surface area contributed by atoms with E-state index in [1.54, 1.807) is 0 Å². The van der Waals surface area contributed by atoms with Crippen LogP contribution in [0.5, 0.6) is 0 Å². The standard InChI is InChI=1S/C17H29N3O.HI/c1-16(2,3)20-15(18)19-11-13-8-7-9-14(10-13)12-21-17(4,5)6;/h7-10H,11-12H2,1-6H3,(H3,18,19,20);1H. The first kappa shape index (κ1) is 21.2. The summed E-state index contributed by atoms with van der Waals surface area (Å²) in [5.74, 6) is 0.471. The minimum atomic E-state index is -0.130. The van der Waals surface area contributed by atoms with Gasteiger partial charge in [-0.3, -0.25) is 0 Å². The second-order valence-electron chi connectivity index (χ2n) is 7.30. The number of nitrogens with two attached hydrogens (primary N) is 1. The van der Waals surface area contributed by atoms with E-state index in [9.17, 15) is 0 Å². The zero-order valence-corrected chi connectivity index (χ0v) is 16.9. The van der Waals surface area contributed by atoms with Crippen LogP contribution >= 0.6 is 24.0 Å². The number of guanidine groups is 1. The third-order valence-electron chi connectivity index (χ3n) is 2.60. The van der Waals surface area contributed by atoms with Crippen molar-refractivity contribution in [1.29, 1.82) is 0 Å². The summed E-state index contributed by atoms with van der Waals surface area (Å²) in [5.41, 5.74) is 7.95. The van der Waals surface area contributed by atoms with Gasteiger partial charge in [0.05, 0.1) is 18.8 Å². The third kappa shape index (κ3) is 10.00. The fourth-order valence-electron chi connectivity index (χ4n) is 1.72. The minimum Gasteiger partial charge on any atom is -0.371 e. The van der Waals surface area contributed by atoms with Crippen LogP contribution in [0.1, 0.15) is 52.7 Å². The van der Waals surface area contributed by atoms with E-state index < -0.39 is 0 Å². The first-order valence-corrected chi connectivity index (χ1v) is 7.35. The summed E-state index contributed by atoms with van der Waals surface area (Å²) in [6.07, 6.45) is 0. The SMILES string of the molecule is CC(C)(C)NC(N)=NCc1cccc(COC(C)(C)C)c1.I. The Hall–Kier alpha value is -0.820. The molecule has 0 amide bonds. The number of ether oxygens (including phenoxy) is 1. The van der Waals surface area contributed by atoms with Gasteiger partial charge in [0.15, 0.2) is 5.96 Å². The Morgan fingerprint density at radius 3 is 2.27 bits per heavy atom. The van der Waals surface area contributed by atoms with E-state index in [0.29, 0.717) is 19.1 Å². The lowest BCUT2D eigenvalue weighted by Crippen LogP contribution is -2.44. The van der Waals surface area contributed by atoms with Crippen LogP contribution in [-0.2, 0) is 17.9 Å². The lowest BCUT2D eigenvalue weighted by Gasteiger charge is -2.21. The second kappa shape index (κ2) is 8.72. The van der Waals surface area contributed by atoms with E-state index in [-0.39, 0.29) is 35.1 Å². The number of nitrogens with one attached hydrogen (secondary N) is 1. The molecule has 0 fully saturated rings. The third-order valence-corrected chi connectivity index (χ3v) is 2.60. The van der Waals surface area contributed by atoms with E-state index in [0.717, 1.165) is 11.1 Å². The molecule has 22 heavy (non-hydrogen) atoms. The van der Waals surface area contributed by atoms with Gasteiger partial charge in [0.2, 0.25) is 0 Å². The summed E-state index contributed by atoms with van der Waals surface area (Å²) < 4.78 is 5.79. The molecule has 0 atom stereocenters. The molecule has 1 aromatic carbocycles. The number of halogens is 1. The molecule has 5 heteroatoms. The van der Waals surface area contributed by atoms with Gasteiger partial charge in [-0.25, -0.2) is 4.99 Å². The van der Waals surface area contributed by atoms with Crippen molar-refractivity contribution in [2.24, 2.45) is 10.7 Å². The van der Waals surface area contributed by atoms with E-state index in [4.69, 9.17) is 10.5 Å². The second-order valence-corrected chi connectivity index (χ2v) is 7.30. The lowest BCUT2D eigenvalue weighted by atomic mass is 10.1. The van der Waals surface area contributed by atoms with Crippen molar-refractivity contribution < 1.29 is 4.74 Å². The lowest BCUT2D eigenvalue weighted by molar-refractivity contribution is -0.0149. The zero-order valence-electron chi connectivity index (χ0n) is 14.6. The fraction of sp³-hybridized carbons (Fsp3) is 0.588. The predicted molar refractivity (Wildman–Crippen MR) is 105 cm³/mol. The van der Waals surface area contributed by atoms with Crippen molar-refractivity contribution >= 4 is 29.9 Å². The molecular formula is C17H30IN3O. The molecule has 0 aliphatic carbocycles. The summed E-state index contributed by atoms with van der Waals surface area (Å²) in [7, 11) is 0. The van der Waals surface area contributed by atoms with Gasteiger partial charge in [-0.05, 0) is 52.7 Å². The van der Waals surface area contributed by atoms with E-state index in [1.165, 1.54) is 0 Å². The molecule has 0 aliphatic rings. The monoisotopic (exact) mass is 419 g/mol. The molecule has 0 heterocycles. The molecule has 0 aromatic heterocycles. The number of benzene rings is 1. The molecule has 0 radical (unpaired) electrons. The normalized spacial score (nSPS) is 12.7. The molecule has 0 aliphatic heterocycles. The number of rotatable bonds is 4. The Morgan fingerprint density at radius 1 is 1.14 bits per heavy atom. The van der Waals surface area contributed by atoms with E-state index >= 15 is 0 Å². The van der Waals surface area contributed by atoms with Crippen molar-refractivity contribution in [3.63, 3.8) is 0 Å². The largest absolute Gasteiger partial charge is 0.371 e. The van der Waals surface area contributed by atoms with Gasteiger partial charge in [-0.15, -0.1) is 24.0 Å². The van der Waals surface area contributed by atoms with Crippen LogP contribution < -0.4 is 11.1 Å². The first-order valence-electron chi connectivity index (χ1n) is 7.35. The van der Waals surface area contributed by atoms with Crippen LogP contribution in [0.3, 0.4) is 0 Å². The Balaban J connectivity index is 0.00000441. The van der Waals surface area contributed by atoms with Gasteiger partial charge >= 0.3 is 0 Å². The van der Waals surface area contributed by atoms with Crippen LogP contribution in [0.2, 0.25) is 0 Å².